The van der Waals surface area contributed by atoms with Gasteiger partial charge in [-0.15, -0.1) is 0 Å². The molecule has 21 heavy (non-hydrogen) atoms. The van der Waals surface area contributed by atoms with E-state index in [1.165, 1.54) is 0 Å². The lowest BCUT2D eigenvalue weighted by atomic mass is 10.4. The maximum absolute atomic E-state index is 6.52. The Balaban J connectivity index is 5.12. The Morgan fingerprint density at radius 3 is 1.76 bits per heavy atom. The third-order valence-corrected chi connectivity index (χ3v) is 12.4. The molecule has 4 nitrogen and oxygen atoms in total. The quantitative estimate of drug-likeness (QED) is 0.416. The van der Waals surface area contributed by atoms with Crippen LogP contribution in [0.2, 0.25) is 45.8 Å². The van der Waals surface area contributed by atoms with Crippen molar-refractivity contribution in [2.75, 3.05) is 19.1 Å². The van der Waals surface area contributed by atoms with E-state index < -0.39 is 35.0 Å². The Morgan fingerprint density at radius 2 is 1.43 bits per heavy atom. The molecule has 0 aliphatic rings. The van der Waals surface area contributed by atoms with Crippen LogP contribution in [0.4, 0.5) is 0 Å². The van der Waals surface area contributed by atoms with E-state index in [2.05, 4.69) is 52.4 Å². The molecule has 0 aromatic rings. The lowest BCUT2D eigenvalue weighted by molar-refractivity contribution is 0.158. The van der Waals surface area contributed by atoms with Crippen molar-refractivity contribution < 1.29 is 17.4 Å². The standard InChI is InChI=1S/C13H34O4Si4/c1-13(2)10-14-11-21(12-15-18-3,16-19(4,5)6)17-20(7,8)9/h1,10-12,18H2,2-9H3. The van der Waals surface area contributed by atoms with Gasteiger partial charge in [0.25, 0.3) is 0 Å². The van der Waals surface area contributed by atoms with Gasteiger partial charge < -0.3 is 17.4 Å². The van der Waals surface area contributed by atoms with Crippen LogP contribution in [0, 0.1) is 0 Å². The second kappa shape index (κ2) is 8.92. The molecular formula is C13H34O4Si4. The first-order valence-corrected chi connectivity index (χ1v) is 18.6. The maximum atomic E-state index is 6.52. The first kappa shape index (κ1) is 21.4. The summed E-state index contributed by atoms with van der Waals surface area (Å²) in [7, 11) is -6.42. The van der Waals surface area contributed by atoms with Gasteiger partial charge in [0.05, 0.1) is 19.1 Å². The van der Waals surface area contributed by atoms with Crippen molar-refractivity contribution in [2.24, 2.45) is 0 Å². The number of hydrogen-bond donors (Lipinski definition) is 0. The molecule has 0 saturated heterocycles. The molecule has 0 aliphatic heterocycles. The van der Waals surface area contributed by atoms with E-state index in [1.54, 1.807) is 0 Å². The highest BCUT2D eigenvalue weighted by molar-refractivity contribution is 6.88. The third kappa shape index (κ3) is 11.6. The Kier molecular flexibility index (Phi) is 9.11. The average Bonchev–Trinajstić information content (AvgIpc) is 2.21. The van der Waals surface area contributed by atoms with Gasteiger partial charge in [-0.2, -0.15) is 0 Å². The molecule has 8 heteroatoms. The fraction of sp³-hybridized carbons (Fsp3) is 0.846. The number of rotatable bonds is 11. The van der Waals surface area contributed by atoms with Crippen molar-refractivity contribution in [1.29, 1.82) is 0 Å². The van der Waals surface area contributed by atoms with Crippen molar-refractivity contribution in [3.05, 3.63) is 12.2 Å². The van der Waals surface area contributed by atoms with E-state index in [4.69, 9.17) is 17.4 Å². The molecule has 0 atom stereocenters. The lowest BCUT2D eigenvalue weighted by Gasteiger charge is -2.40. The van der Waals surface area contributed by atoms with Gasteiger partial charge in [-0.3, -0.25) is 0 Å². The third-order valence-electron chi connectivity index (χ3n) is 2.18. The zero-order valence-corrected chi connectivity index (χ0v) is 19.6. The van der Waals surface area contributed by atoms with E-state index in [9.17, 15) is 0 Å². The van der Waals surface area contributed by atoms with E-state index in [1.807, 2.05) is 6.92 Å². The zero-order chi connectivity index (χ0) is 16.7. The molecule has 0 N–H and O–H groups in total. The summed E-state index contributed by atoms with van der Waals surface area (Å²) in [5, 5.41) is 0. The van der Waals surface area contributed by atoms with Crippen LogP contribution in [0.15, 0.2) is 12.2 Å². The second-order valence-corrected chi connectivity index (χ2v) is 20.9. The van der Waals surface area contributed by atoms with Crippen LogP contribution in [0.3, 0.4) is 0 Å². The topological polar surface area (TPSA) is 36.9 Å². The largest absolute Gasteiger partial charge is 0.434 e. The molecule has 0 bridgehead atoms. The van der Waals surface area contributed by atoms with Gasteiger partial charge in [0.1, 0.15) is 0 Å². The molecular weight excluding hydrogens is 332 g/mol. The average molecular weight is 367 g/mol. The summed E-state index contributed by atoms with van der Waals surface area (Å²) in [6, 6.07) is 0. The molecule has 0 unspecified atom stereocenters. The van der Waals surface area contributed by atoms with E-state index in [0.29, 0.717) is 19.1 Å². The minimum atomic E-state index is -2.48. The van der Waals surface area contributed by atoms with Crippen molar-refractivity contribution in [3.8, 4) is 0 Å². The Bertz CT molecular complexity index is 307. The van der Waals surface area contributed by atoms with Gasteiger partial charge in [0, 0.05) is 0 Å². The van der Waals surface area contributed by atoms with Crippen LogP contribution >= 0.6 is 0 Å². The van der Waals surface area contributed by atoms with Crippen LogP contribution in [0.1, 0.15) is 6.92 Å². The molecule has 0 rings (SSSR count). The Morgan fingerprint density at radius 1 is 0.952 bits per heavy atom. The van der Waals surface area contributed by atoms with Gasteiger partial charge in [0.2, 0.25) is 0 Å². The van der Waals surface area contributed by atoms with Crippen LogP contribution < -0.4 is 0 Å². The molecule has 0 aromatic carbocycles. The molecule has 0 heterocycles. The fourth-order valence-corrected chi connectivity index (χ4v) is 14.9. The molecule has 0 fully saturated rings. The summed E-state index contributed by atoms with van der Waals surface area (Å²) in [4.78, 5) is 0. The van der Waals surface area contributed by atoms with Gasteiger partial charge in [-0.1, -0.05) is 18.7 Å². The Labute approximate surface area is 136 Å². The minimum absolute atomic E-state index is 0.478. The summed E-state index contributed by atoms with van der Waals surface area (Å²) < 4.78 is 24.7. The lowest BCUT2D eigenvalue weighted by Crippen LogP contribution is -2.61. The van der Waals surface area contributed by atoms with Crippen molar-refractivity contribution in [1.82, 2.24) is 0 Å². The van der Waals surface area contributed by atoms with Crippen LogP contribution in [-0.4, -0.2) is 54.0 Å². The van der Waals surface area contributed by atoms with Crippen LogP contribution in [-0.2, 0) is 17.4 Å². The predicted octanol–water partition coefficient (Wildman–Crippen LogP) is 2.95. The SMILES string of the molecule is C=C(C)COC[Si](CO[SiH2]C)(O[Si](C)(C)C)O[Si](C)(C)C. The van der Waals surface area contributed by atoms with E-state index in [-0.39, 0.29) is 0 Å². The summed E-state index contributed by atoms with van der Waals surface area (Å²) in [5.41, 5.74) is 1.02. The smallest absolute Gasteiger partial charge is 0.369 e. The summed E-state index contributed by atoms with van der Waals surface area (Å²) >= 11 is 0. The molecule has 126 valence electrons. The van der Waals surface area contributed by atoms with Gasteiger partial charge in [-0.05, 0) is 46.2 Å². The van der Waals surface area contributed by atoms with Crippen molar-refractivity contribution >= 4 is 35.0 Å². The first-order valence-electron chi connectivity index (χ1n) is 7.59. The predicted molar refractivity (Wildman–Crippen MR) is 101 cm³/mol. The van der Waals surface area contributed by atoms with Gasteiger partial charge in [-0.25, -0.2) is 0 Å². The zero-order valence-electron chi connectivity index (χ0n) is 15.2. The van der Waals surface area contributed by atoms with Gasteiger partial charge in [0.15, 0.2) is 26.4 Å². The molecule has 0 saturated carbocycles. The molecule has 0 radical (unpaired) electrons. The summed E-state index contributed by atoms with van der Waals surface area (Å²) in [5.74, 6) is 0. The highest BCUT2D eigenvalue weighted by Crippen LogP contribution is 2.22. The molecule has 0 aliphatic carbocycles. The van der Waals surface area contributed by atoms with Crippen molar-refractivity contribution in [2.45, 2.75) is 52.8 Å². The monoisotopic (exact) mass is 366 g/mol. The van der Waals surface area contributed by atoms with Crippen LogP contribution in [0.25, 0.3) is 0 Å². The highest BCUT2D eigenvalue weighted by atomic mass is 28.5. The fourth-order valence-electron chi connectivity index (χ4n) is 1.93. The van der Waals surface area contributed by atoms with Crippen molar-refractivity contribution in [3.63, 3.8) is 0 Å². The molecule has 0 spiro atoms. The number of hydrogen-bond acceptors (Lipinski definition) is 4. The maximum Gasteiger partial charge on any atom is 0.369 e. The first-order chi connectivity index (χ1) is 9.39. The number of ether oxygens (including phenoxy) is 1. The normalized spacial score (nSPS) is 14.1. The highest BCUT2D eigenvalue weighted by Gasteiger charge is 2.45. The van der Waals surface area contributed by atoms with E-state index >= 15 is 0 Å². The summed E-state index contributed by atoms with van der Waals surface area (Å²) in [6.45, 7) is 21.7. The second-order valence-electron chi connectivity index (χ2n) is 7.43. The Hall–Kier alpha value is 0.448. The van der Waals surface area contributed by atoms with E-state index in [0.717, 1.165) is 5.57 Å². The summed E-state index contributed by atoms with van der Waals surface area (Å²) in [6.07, 6.45) is 1.13. The van der Waals surface area contributed by atoms with Crippen LogP contribution in [0.5, 0.6) is 0 Å². The minimum Gasteiger partial charge on any atom is -0.434 e. The van der Waals surface area contributed by atoms with Gasteiger partial charge >= 0.3 is 8.56 Å². The molecule has 0 aromatic heterocycles. The molecule has 0 amide bonds.